The molecule has 5 heteroatoms. The average Bonchev–Trinajstić information content (AvgIpc) is 2.49. The highest BCUT2D eigenvalue weighted by atomic mass is 16.9. The lowest BCUT2D eigenvalue weighted by atomic mass is 10.1. The van der Waals surface area contributed by atoms with Crippen molar-refractivity contribution in [2.24, 2.45) is 0 Å². The summed E-state index contributed by atoms with van der Waals surface area (Å²) in [6.07, 6.45) is 11.4. The second-order valence-electron chi connectivity index (χ2n) is 5.35. The molecule has 0 heterocycles. The van der Waals surface area contributed by atoms with Crippen LogP contribution in [0.3, 0.4) is 0 Å². The second kappa shape index (κ2) is 17.9. The quantitative estimate of drug-likeness (QED) is 0.319. The monoisotopic (exact) mass is 305 g/mol. The Hall–Kier alpha value is -0.200. The maximum Gasteiger partial charge on any atom is 0.0733 e. The van der Waals surface area contributed by atoms with E-state index in [1.54, 1.807) is 0 Å². The zero-order valence-corrected chi connectivity index (χ0v) is 13.8. The van der Waals surface area contributed by atoms with Gasteiger partial charge < -0.3 is 10.2 Å². The van der Waals surface area contributed by atoms with Gasteiger partial charge in [-0.15, -0.1) is 0 Å². The molecule has 0 aliphatic carbocycles. The zero-order chi connectivity index (χ0) is 15.6. The summed E-state index contributed by atoms with van der Waals surface area (Å²) < 4.78 is 0. The number of hydroxylamine groups is 2. The third kappa shape index (κ3) is 16.0. The molecule has 0 aromatic rings. The lowest BCUT2D eigenvalue weighted by molar-refractivity contribution is -0.369. The fourth-order valence-corrected chi connectivity index (χ4v) is 2.00. The summed E-state index contributed by atoms with van der Waals surface area (Å²) in [5, 5.41) is 19.0. The van der Waals surface area contributed by atoms with Crippen molar-refractivity contribution in [1.29, 1.82) is 0 Å². The lowest BCUT2D eigenvalue weighted by Gasteiger charge is -2.20. The van der Waals surface area contributed by atoms with E-state index in [-0.39, 0.29) is 13.2 Å². The van der Waals surface area contributed by atoms with E-state index in [4.69, 9.17) is 19.9 Å². The summed E-state index contributed by atoms with van der Waals surface area (Å²) in [4.78, 5) is 10.9. The molecular formula is C16H35NO4. The highest BCUT2D eigenvalue weighted by Gasteiger charge is 2.05. The molecule has 128 valence electrons. The molecular weight excluding hydrogens is 270 g/mol. The van der Waals surface area contributed by atoms with Gasteiger partial charge >= 0.3 is 0 Å². The minimum absolute atomic E-state index is 0.127. The van der Waals surface area contributed by atoms with Gasteiger partial charge in [0.2, 0.25) is 0 Å². The highest BCUT2D eigenvalue weighted by Crippen LogP contribution is 2.09. The molecule has 5 nitrogen and oxygen atoms in total. The Morgan fingerprint density at radius 3 is 1.62 bits per heavy atom. The zero-order valence-electron chi connectivity index (χ0n) is 13.8. The lowest BCUT2D eigenvalue weighted by Crippen LogP contribution is -2.27. The van der Waals surface area contributed by atoms with Crippen LogP contribution in [-0.4, -0.2) is 48.4 Å². The number of nitrogens with zero attached hydrogens (tertiary/aromatic N) is 1. The van der Waals surface area contributed by atoms with E-state index in [1.807, 2.05) is 0 Å². The second-order valence-corrected chi connectivity index (χ2v) is 5.35. The van der Waals surface area contributed by atoms with E-state index < -0.39 is 0 Å². The van der Waals surface area contributed by atoms with E-state index in [0.717, 1.165) is 13.0 Å². The largest absolute Gasteiger partial charge is 0.396 e. The van der Waals surface area contributed by atoms with Crippen molar-refractivity contribution in [3.63, 3.8) is 0 Å². The SMILES string of the molecule is CCCCCCCCCCN(OCCCO)OCCCO. The van der Waals surface area contributed by atoms with Gasteiger partial charge in [0.15, 0.2) is 0 Å². The van der Waals surface area contributed by atoms with Crippen molar-refractivity contribution in [1.82, 2.24) is 5.23 Å². The van der Waals surface area contributed by atoms with E-state index in [9.17, 15) is 0 Å². The van der Waals surface area contributed by atoms with Crippen molar-refractivity contribution >= 4 is 0 Å². The summed E-state index contributed by atoms with van der Waals surface area (Å²) in [5.41, 5.74) is 0. The van der Waals surface area contributed by atoms with E-state index in [2.05, 4.69) is 6.92 Å². The topological polar surface area (TPSA) is 62.2 Å². The molecule has 0 saturated heterocycles. The molecule has 0 atom stereocenters. The van der Waals surface area contributed by atoms with Gasteiger partial charge in [0.05, 0.1) is 19.8 Å². The number of unbranched alkanes of at least 4 members (excludes halogenated alkanes) is 7. The van der Waals surface area contributed by atoms with Crippen molar-refractivity contribution in [2.75, 3.05) is 33.0 Å². The van der Waals surface area contributed by atoms with E-state index in [0.29, 0.717) is 26.1 Å². The van der Waals surface area contributed by atoms with Crippen LogP contribution in [-0.2, 0) is 9.68 Å². The third-order valence-corrected chi connectivity index (χ3v) is 3.27. The summed E-state index contributed by atoms with van der Waals surface area (Å²) in [6.45, 7) is 4.16. The van der Waals surface area contributed by atoms with Crippen LogP contribution in [0.2, 0.25) is 0 Å². The molecule has 0 aliphatic rings. The minimum Gasteiger partial charge on any atom is -0.396 e. The first kappa shape index (κ1) is 20.8. The molecule has 0 amide bonds. The first-order chi connectivity index (χ1) is 10.3. The number of hydrogen-bond acceptors (Lipinski definition) is 5. The predicted octanol–water partition coefficient (Wildman–Crippen LogP) is 3.06. The smallest absolute Gasteiger partial charge is 0.0733 e. The van der Waals surface area contributed by atoms with Gasteiger partial charge in [0, 0.05) is 13.2 Å². The van der Waals surface area contributed by atoms with Crippen LogP contribution in [0.4, 0.5) is 0 Å². The molecule has 0 bridgehead atoms. The van der Waals surface area contributed by atoms with Crippen molar-refractivity contribution < 1.29 is 19.9 Å². The maximum absolute atomic E-state index is 8.76. The molecule has 21 heavy (non-hydrogen) atoms. The van der Waals surface area contributed by atoms with E-state index >= 15 is 0 Å². The van der Waals surface area contributed by atoms with Crippen molar-refractivity contribution in [3.8, 4) is 0 Å². The molecule has 0 spiro atoms. The molecule has 0 saturated carbocycles. The molecule has 0 aromatic carbocycles. The Kier molecular flexibility index (Phi) is 17.7. The molecule has 0 radical (unpaired) electrons. The van der Waals surface area contributed by atoms with Gasteiger partial charge in [-0.1, -0.05) is 57.1 Å². The van der Waals surface area contributed by atoms with Crippen LogP contribution in [0, 0.1) is 0 Å². The summed E-state index contributed by atoms with van der Waals surface area (Å²) in [5.74, 6) is 0. The van der Waals surface area contributed by atoms with Crippen LogP contribution in [0.15, 0.2) is 0 Å². The van der Waals surface area contributed by atoms with Crippen LogP contribution in [0.25, 0.3) is 0 Å². The Morgan fingerprint density at radius 1 is 0.667 bits per heavy atom. The number of aliphatic hydroxyl groups is 2. The Labute approximate surface area is 130 Å². The number of rotatable bonds is 17. The summed E-state index contributed by atoms with van der Waals surface area (Å²) in [7, 11) is 0. The molecule has 2 N–H and O–H groups in total. The summed E-state index contributed by atoms with van der Waals surface area (Å²) in [6, 6.07) is 0. The van der Waals surface area contributed by atoms with Crippen molar-refractivity contribution in [2.45, 2.75) is 71.1 Å². The standard InChI is InChI=1S/C16H35NO4/c1-2-3-4-5-6-7-8-9-12-17(20-15-10-13-18)21-16-11-14-19/h18-19H,2-16H2,1H3. The molecule has 0 aromatic heterocycles. The highest BCUT2D eigenvalue weighted by molar-refractivity contribution is 4.47. The van der Waals surface area contributed by atoms with Gasteiger partial charge in [-0.05, 0) is 19.3 Å². The van der Waals surface area contributed by atoms with Gasteiger partial charge in [0.25, 0.3) is 0 Å². The van der Waals surface area contributed by atoms with E-state index in [1.165, 1.54) is 50.2 Å². The average molecular weight is 305 g/mol. The first-order valence-electron chi connectivity index (χ1n) is 8.60. The van der Waals surface area contributed by atoms with Crippen LogP contribution < -0.4 is 0 Å². The fraction of sp³-hybridized carbons (Fsp3) is 1.00. The van der Waals surface area contributed by atoms with Crippen LogP contribution >= 0.6 is 0 Å². The van der Waals surface area contributed by atoms with Gasteiger partial charge in [-0.3, -0.25) is 9.68 Å². The fourth-order valence-electron chi connectivity index (χ4n) is 2.00. The summed E-state index contributed by atoms with van der Waals surface area (Å²) >= 11 is 0. The Morgan fingerprint density at radius 2 is 1.14 bits per heavy atom. The molecule has 0 unspecified atom stereocenters. The minimum atomic E-state index is 0.127. The van der Waals surface area contributed by atoms with Crippen molar-refractivity contribution in [3.05, 3.63) is 0 Å². The van der Waals surface area contributed by atoms with Crippen LogP contribution in [0.5, 0.6) is 0 Å². The molecule has 0 aliphatic heterocycles. The first-order valence-corrected chi connectivity index (χ1v) is 8.60. The maximum atomic E-state index is 8.76. The van der Waals surface area contributed by atoms with Crippen LogP contribution in [0.1, 0.15) is 71.1 Å². The third-order valence-electron chi connectivity index (χ3n) is 3.27. The normalized spacial score (nSPS) is 11.4. The van der Waals surface area contributed by atoms with Gasteiger partial charge in [-0.2, -0.15) is 0 Å². The Balaban J connectivity index is 3.54. The van der Waals surface area contributed by atoms with Gasteiger partial charge in [-0.25, -0.2) is 0 Å². The molecule has 0 rings (SSSR count). The number of hydrogen-bond donors (Lipinski definition) is 2. The number of aliphatic hydroxyl groups excluding tert-OH is 2. The predicted molar refractivity (Wildman–Crippen MR) is 84.6 cm³/mol. The molecule has 0 fully saturated rings. The Bertz CT molecular complexity index is 183. The van der Waals surface area contributed by atoms with Gasteiger partial charge in [0.1, 0.15) is 0 Å².